The van der Waals surface area contributed by atoms with Gasteiger partial charge in [-0.15, -0.1) is 10.2 Å². The Hall–Kier alpha value is -1.68. The molecule has 0 aliphatic rings. The minimum atomic E-state index is 0.595. The van der Waals surface area contributed by atoms with Crippen LogP contribution in [0.1, 0.15) is 25.3 Å². The summed E-state index contributed by atoms with van der Waals surface area (Å²) in [5.41, 5.74) is 2.19. The maximum absolute atomic E-state index is 5.68. The van der Waals surface area contributed by atoms with E-state index in [1.165, 1.54) is 5.56 Å². The number of hydrogen-bond donors (Lipinski definition) is 0. The Kier molecular flexibility index (Phi) is 4.10. The van der Waals surface area contributed by atoms with Crippen LogP contribution in [0.25, 0.3) is 11.5 Å². The third-order valence-corrected chi connectivity index (χ3v) is 3.02. The van der Waals surface area contributed by atoms with Gasteiger partial charge in [0, 0.05) is 5.56 Å². The second-order valence-corrected chi connectivity index (χ2v) is 4.33. The monoisotopic (exact) mass is 245 g/mol. The third kappa shape index (κ3) is 2.96. The van der Waals surface area contributed by atoms with Gasteiger partial charge in [0.05, 0.1) is 6.54 Å². The predicted octanol–water partition coefficient (Wildman–Crippen LogP) is 2.89. The van der Waals surface area contributed by atoms with Crippen LogP contribution < -0.4 is 0 Å². The van der Waals surface area contributed by atoms with Gasteiger partial charge in [-0.25, -0.2) is 0 Å². The molecular weight excluding hydrogens is 226 g/mol. The summed E-state index contributed by atoms with van der Waals surface area (Å²) < 4.78 is 5.68. The molecule has 0 atom stereocenters. The van der Waals surface area contributed by atoms with Gasteiger partial charge >= 0.3 is 0 Å². The molecule has 0 unspecified atom stereocenters. The summed E-state index contributed by atoms with van der Waals surface area (Å²) in [5.74, 6) is 1.27. The first-order valence-corrected chi connectivity index (χ1v) is 6.34. The first-order chi connectivity index (χ1) is 8.72. The fraction of sp³-hybridized carbons (Fsp3) is 0.429. The van der Waals surface area contributed by atoms with Gasteiger partial charge in [-0.05, 0) is 32.1 Å². The molecule has 0 amide bonds. The van der Waals surface area contributed by atoms with Crippen LogP contribution in [0.3, 0.4) is 0 Å². The van der Waals surface area contributed by atoms with Crippen LogP contribution in [0, 0.1) is 6.92 Å². The van der Waals surface area contributed by atoms with Gasteiger partial charge in [-0.1, -0.05) is 31.5 Å². The van der Waals surface area contributed by atoms with E-state index in [4.69, 9.17) is 4.42 Å². The van der Waals surface area contributed by atoms with Gasteiger partial charge in [-0.3, -0.25) is 4.90 Å². The molecule has 96 valence electrons. The van der Waals surface area contributed by atoms with Crippen molar-refractivity contribution < 1.29 is 4.42 Å². The summed E-state index contributed by atoms with van der Waals surface area (Å²) >= 11 is 0. The molecule has 2 rings (SSSR count). The van der Waals surface area contributed by atoms with Crippen molar-refractivity contribution in [3.05, 3.63) is 35.7 Å². The predicted molar refractivity (Wildman–Crippen MR) is 71.1 cm³/mol. The Balaban J connectivity index is 2.12. The van der Waals surface area contributed by atoms with Gasteiger partial charge in [0.1, 0.15) is 0 Å². The molecule has 1 aromatic heterocycles. The van der Waals surface area contributed by atoms with E-state index in [2.05, 4.69) is 35.9 Å². The van der Waals surface area contributed by atoms with Crippen LogP contribution in [0.5, 0.6) is 0 Å². The van der Waals surface area contributed by atoms with Gasteiger partial charge in [-0.2, -0.15) is 0 Å². The SMILES string of the molecule is CCN(CC)Cc1nnc(-c2ccc(C)cc2)o1. The van der Waals surface area contributed by atoms with Crippen LogP contribution in [0.15, 0.2) is 28.7 Å². The van der Waals surface area contributed by atoms with E-state index in [-0.39, 0.29) is 0 Å². The molecule has 0 bridgehead atoms. The fourth-order valence-corrected chi connectivity index (χ4v) is 1.77. The lowest BCUT2D eigenvalue weighted by Crippen LogP contribution is -2.22. The van der Waals surface area contributed by atoms with Crippen molar-refractivity contribution in [3.8, 4) is 11.5 Å². The molecule has 0 saturated carbocycles. The maximum Gasteiger partial charge on any atom is 0.247 e. The smallest absolute Gasteiger partial charge is 0.247 e. The minimum absolute atomic E-state index is 0.595. The minimum Gasteiger partial charge on any atom is -0.419 e. The lowest BCUT2D eigenvalue weighted by atomic mass is 10.1. The fourth-order valence-electron chi connectivity index (χ4n) is 1.77. The van der Waals surface area contributed by atoms with Gasteiger partial charge in [0.15, 0.2) is 0 Å². The second-order valence-electron chi connectivity index (χ2n) is 4.33. The second kappa shape index (κ2) is 5.78. The highest BCUT2D eigenvalue weighted by atomic mass is 16.4. The number of rotatable bonds is 5. The van der Waals surface area contributed by atoms with E-state index in [9.17, 15) is 0 Å². The highest BCUT2D eigenvalue weighted by Crippen LogP contribution is 2.18. The van der Waals surface area contributed by atoms with Crippen LogP contribution in [-0.4, -0.2) is 28.2 Å². The molecule has 0 N–H and O–H groups in total. The number of hydrogen-bond acceptors (Lipinski definition) is 4. The average molecular weight is 245 g/mol. The topological polar surface area (TPSA) is 42.2 Å². The standard InChI is InChI=1S/C14H19N3O/c1-4-17(5-2)10-13-15-16-14(18-13)12-8-6-11(3)7-9-12/h6-9H,4-5,10H2,1-3H3. The van der Waals surface area contributed by atoms with E-state index in [0.29, 0.717) is 18.3 Å². The zero-order valence-corrected chi connectivity index (χ0v) is 11.2. The van der Waals surface area contributed by atoms with Crippen molar-refractivity contribution in [2.24, 2.45) is 0 Å². The molecule has 0 aliphatic heterocycles. The summed E-state index contributed by atoms with van der Waals surface area (Å²) in [6.07, 6.45) is 0. The largest absolute Gasteiger partial charge is 0.419 e. The average Bonchev–Trinajstić information content (AvgIpc) is 2.85. The van der Waals surface area contributed by atoms with Crippen LogP contribution >= 0.6 is 0 Å². The third-order valence-electron chi connectivity index (χ3n) is 3.02. The van der Waals surface area contributed by atoms with Crippen molar-refractivity contribution in [1.82, 2.24) is 15.1 Å². The van der Waals surface area contributed by atoms with Crippen molar-refractivity contribution in [2.45, 2.75) is 27.3 Å². The molecule has 0 fully saturated rings. The first kappa shape index (κ1) is 12.8. The number of benzene rings is 1. The van der Waals surface area contributed by atoms with Gasteiger partial charge in [0.2, 0.25) is 11.8 Å². The van der Waals surface area contributed by atoms with Crippen molar-refractivity contribution in [3.63, 3.8) is 0 Å². The molecule has 0 radical (unpaired) electrons. The van der Waals surface area contributed by atoms with Crippen molar-refractivity contribution >= 4 is 0 Å². The van der Waals surface area contributed by atoms with E-state index in [0.717, 1.165) is 18.7 Å². The normalized spacial score (nSPS) is 11.1. The quantitative estimate of drug-likeness (QED) is 0.812. The molecule has 1 heterocycles. The summed E-state index contributed by atoms with van der Waals surface area (Å²) in [4.78, 5) is 2.24. The lowest BCUT2D eigenvalue weighted by Gasteiger charge is -2.14. The first-order valence-electron chi connectivity index (χ1n) is 6.34. The van der Waals surface area contributed by atoms with E-state index < -0.39 is 0 Å². The van der Waals surface area contributed by atoms with Crippen LogP contribution in [0.4, 0.5) is 0 Å². The summed E-state index contributed by atoms with van der Waals surface area (Å²) in [7, 11) is 0. The molecule has 4 nitrogen and oxygen atoms in total. The molecule has 0 spiro atoms. The molecule has 0 saturated heterocycles. The molecule has 2 aromatic rings. The maximum atomic E-state index is 5.68. The summed E-state index contributed by atoms with van der Waals surface area (Å²) in [6, 6.07) is 8.10. The molecular formula is C14H19N3O. The van der Waals surface area contributed by atoms with Crippen LogP contribution in [0.2, 0.25) is 0 Å². The Labute approximate surface area is 108 Å². The number of nitrogens with zero attached hydrogens (tertiary/aromatic N) is 3. The van der Waals surface area contributed by atoms with Crippen LogP contribution in [-0.2, 0) is 6.54 Å². The van der Waals surface area contributed by atoms with E-state index in [1.54, 1.807) is 0 Å². The Morgan fingerprint density at radius 3 is 2.33 bits per heavy atom. The molecule has 4 heteroatoms. The number of aryl methyl sites for hydroxylation is 1. The van der Waals surface area contributed by atoms with Crippen molar-refractivity contribution in [2.75, 3.05) is 13.1 Å². The highest BCUT2D eigenvalue weighted by molar-refractivity contribution is 5.52. The molecule has 1 aromatic carbocycles. The lowest BCUT2D eigenvalue weighted by molar-refractivity contribution is 0.264. The Bertz CT molecular complexity index is 486. The van der Waals surface area contributed by atoms with E-state index in [1.807, 2.05) is 24.3 Å². The molecule has 18 heavy (non-hydrogen) atoms. The van der Waals surface area contributed by atoms with Gasteiger partial charge in [0.25, 0.3) is 0 Å². The highest BCUT2D eigenvalue weighted by Gasteiger charge is 2.10. The molecule has 0 aliphatic carbocycles. The Morgan fingerprint density at radius 1 is 1.06 bits per heavy atom. The zero-order chi connectivity index (χ0) is 13.0. The summed E-state index contributed by atoms with van der Waals surface area (Å²) in [5, 5.41) is 8.19. The van der Waals surface area contributed by atoms with E-state index >= 15 is 0 Å². The van der Waals surface area contributed by atoms with Crippen molar-refractivity contribution in [1.29, 1.82) is 0 Å². The number of aromatic nitrogens is 2. The van der Waals surface area contributed by atoms with Gasteiger partial charge < -0.3 is 4.42 Å². The Morgan fingerprint density at radius 2 is 1.72 bits per heavy atom. The zero-order valence-electron chi connectivity index (χ0n) is 11.2. The summed E-state index contributed by atoms with van der Waals surface area (Å²) in [6.45, 7) is 8.99.